The number of urea groups is 1. The van der Waals surface area contributed by atoms with Gasteiger partial charge in [-0.2, -0.15) is 0 Å². The van der Waals surface area contributed by atoms with Gasteiger partial charge in [0.05, 0.1) is 6.04 Å². The minimum atomic E-state index is -0.909. The van der Waals surface area contributed by atoms with Gasteiger partial charge in [0.2, 0.25) is 17.7 Å². The maximum atomic E-state index is 14.1. The largest absolute Gasteiger partial charge is 0.447 e. The molecule has 1 aliphatic heterocycles. The molecule has 4 N–H and O–H groups in total. The number of benzene rings is 1. The molecule has 0 bridgehead atoms. The smallest absolute Gasteiger partial charge is 0.245 e. The third-order valence-electron chi connectivity index (χ3n) is 9.76. The number of carbonyl (C=O) groups excluding carboxylic acids is 6. The van der Waals surface area contributed by atoms with Crippen LogP contribution in [0.1, 0.15) is 105 Å². The molecule has 0 aliphatic carbocycles. The van der Waals surface area contributed by atoms with Gasteiger partial charge in [-0.25, -0.2) is 0 Å². The summed E-state index contributed by atoms with van der Waals surface area (Å²) in [6.07, 6.45) is 4.52. The molecule has 283 valence electrons. The number of Topliss-reactive ketones (excluding diaryl/α,β-unsaturated/α-hetero) is 2. The molecule has 5 atom stereocenters. The summed E-state index contributed by atoms with van der Waals surface area (Å²) < 4.78 is 0. The molecule has 2 rings (SSSR count). The van der Waals surface area contributed by atoms with Crippen molar-refractivity contribution in [3.05, 3.63) is 35.6 Å². The third kappa shape index (κ3) is 15.8. The van der Waals surface area contributed by atoms with Crippen LogP contribution in [0.2, 0.25) is 0 Å². The van der Waals surface area contributed by atoms with Crippen LogP contribution in [-0.2, 0) is 63.1 Å². The van der Waals surface area contributed by atoms with Crippen LogP contribution in [0, 0.1) is 17.8 Å². The summed E-state index contributed by atoms with van der Waals surface area (Å²) in [5, 5.41) is 8.37. The normalized spacial score (nSPS) is 16.6. The van der Waals surface area contributed by atoms with Crippen LogP contribution in [0.4, 0.5) is 10.5 Å². The van der Waals surface area contributed by atoms with E-state index in [-0.39, 0.29) is 68.4 Å². The predicted octanol–water partition coefficient (Wildman–Crippen LogP) is 5.54. The SMILES string of the molecule is CC[C@H](Cc1ccc(NC([NH-])=O)cc1)C(=O)N[C@@H](CC(C)C)C(=O)N[C@@H](CCCCN(C)C(C)C)C(=O)N1CCC[C@H]1C(=O)C[C@H](C)C(C)=O.[Y]. The Hall–Kier alpha value is -2.70. The second kappa shape index (κ2) is 23.1. The van der Waals surface area contributed by atoms with Gasteiger partial charge < -0.3 is 31.5 Å². The molecule has 12 nitrogen and oxygen atoms in total. The minimum absolute atomic E-state index is 0. The van der Waals surface area contributed by atoms with Crippen molar-refractivity contribution in [1.82, 2.24) is 20.4 Å². The number of hydrogen-bond acceptors (Lipinski definition) is 7. The van der Waals surface area contributed by atoms with Gasteiger partial charge >= 0.3 is 0 Å². The fourth-order valence-corrected chi connectivity index (χ4v) is 6.20. The Morgan fingerprint density at radius 3 is 2.12 bits per heavy atom. The van der Waals surface area contributed by atoms with Gasteiger partial charge in [0, 0.05) is 63.6 Å². The van der Waals surface area contributed by atoms with E-state index in [0.717, 1.165) is 18.5 Å². The molecule has 0 saturated carbocycles. The molecule has 0 unspecified atom stereocenters. The van der Waals surface area contributed by atoms with Crippen LogP contribution in [0.5, 0.6) is 0 Å². The van der Waals surface area contributed by atoms with Crippen LogP contribution in [0.3, 0.4) is 0 Å². The average molecular weight is 787 g/mol. The van der Waals surface area contributed by atoms with Gasteiger partial charge in [-0.05, 0) is 103 Å². The molecule has 51 heavy (non-hydrogen) atoms. The summed E-state index contributed by atoms with van der Waals surface area (Å²) in [6, 6.07) is 4.09. The Kier molecular flexibility index (Phi) is 21.0. The fourth-order valence-electron chi connectivity index (χ4n) is 6.20. The van der Waals surface area contributed by atoms with Crippen molar-refractivity contribution in [3.8, 4) is 0 Å². The van der Waals surface area contributed by atoms with Crippen molar-refractivity contribution < 1.29 is 61.5 Å². The minimum Gasteiger partial charge on any atom is -0.447 e. The molecule has 1 radical (unpaired) electrons. The predicted molar refractivity (Wildman–Crippen MR) is 196 cm³/mol. The molecule has 1 heterocycles. The second-order valence-electron chi connectivity index (χ2n) is 14.7. The number of likely N-dealkylation sites (tertiary alicyclic amines) is 1. The molecule has 0 spiro atoms. The van der Waals surface area contributed by atoms with E-state index in [2.05, 4.69) is 34.7 Å². The maximum Gasteiger partial charge on any atom is 0.245 e. The standard InChI is InChI=1S/C38H62N6O6.Y/c1-9-29(23-28-15-17-30(18-16-28)40-38(39)50)35(47)42-32(21-24(2)3)36(48)41-31(13-10-11-19-43(8)25(4)5)37(49)44-20-12-14-33(44)34(46)22-26(6)27(7)45;/h15-18,24-26,29,31-33H,9-14,19-23H2,1-8H3,(H5,39,40,41,42,47,48,50);/p-1/t26-,29+,31-,32-,33-;/m0./s1. The van der Waals surface area contributed by atoms with E-state index < -0.39 is 41.9 Å². The third-order valence-corrected chi connectivity index (χ3v) is 9.76. The Morgan fingerprint density at radius 2 is 1.57 bits per heavy atom. The first-order valence-corrected chi connectivity index (χ1v) is 18.3. The Morgan fingerprint density at radius 1 is 0.941 bits per heavy atom. The molecule has 5 amide bonds. The summed E-state index contributed by atoms with van der Waals surface area (Å²) in [5.41, 5.74) is 8.44. The van der Waals surface area contributed by atoms with Gasteiger partial charge in [0.25, 0.3) is 0 Å². The molecule has 1 fully saturated rings. The first kappa shape index (κ1) is 46.3. The van der Waals surface area contributed by atoms with Gasteiger partial charge in [-0.15, -0.1) is 0 Å². The zero-order valence-electron chi connectivity index (χ0n) is 32.1. The van der Waals surface area contributed by atoms with Crippen molar-refractivity contribution in [2.45, 2.75) is 130 Å². The number of amides is 5. The van der Waals surface area contributed by atoms with Crippen LogP contribution >= 0.6 is 0 Å². The summed E-state index contributed by atoms with van der Waals surface area (Å²) in [4.78, 5) is 81.6. The molecular weight excluding hydrogens is 725 g/mol. The van der Waals surface area contributed by atoms with Crippen molar-refractivity contribution >= 4 is 41.0 Å². The van der Waals surface area contributed by atoms with Crippen molar-refractivity contribution in [1.29, 1.82) is 0 Å². The number of anilines is 1. The van der Waals surface area contributed by atoms with Gasteiger partial charge in [-0.3, -0.25) is 28.8 Å². The van der Waals surface area contributed by atoms with Gasteiger partial charge in [0.1, 0.15) is 17.9 Å². The van der Waals surface area contributed by atoms with E-state index in [1.165, 1.54) is 6.92 Å². The molecular formula is C38H61N6O6Y-. The van der Waals surface area contributed by atoms with Crippen LogP contribution in [-0.4, -0.2) is 89.4 Å². The molecule has 1 aromatic rings. The monoisotopic (exact) mass is 786 g/mol. The maximum absolute atomic E-state index is 14.1. The van der Waals surface area contributed by atoms with Gasteiger partial charge in [-0.1, -0.05) is 52.0 Å². The molecule has 1 aliphatic rings. The van der Waals surface area contributed by atoms with Crippen LogP contribution in [0.15, 0.2) is 24.3 Å². The second-order valence-corrected chi connectivity index (χ2v) is 14.7. The molecule has 1 saturated heterocycles. The Balaban J connectivity index is 0.0000130. The number of ketones is 2. The van der Waals surface area contributed by atoms with E-state index in [1.807, 2.05) is 27.8 Å². The van der Waals surface area contributed by atoms with E-state index in [4.69, 9.17) is 5.73 Å². The molecule has 1 aromatic carbocycles. The first-order valence-electron chi connectivity index (χ1n) is 18.3. The van der Waals surface area contributed by atoms with Crippen molar-refractivity contribution in [2.24, 2.45) is 17.8 Å². The number of hydrogen-bond donors (Lipinski definition) is 3. The summed E-state index contributed by atoms with van der Waals surface area (Å²) in [6.45, 7) is 14.5. The number of unbranched alkanes of at least 4 members (excludes halogenated alkanes) is 1. The van der Waals surface area contributed by atoms with Crippen molar-refractivity contribution in [2.75, 3.05) is 25.5 Å². The Bertz CT molecular complexity index is 1310. The zero-order chi connectivity index (χ0) is 37.5. The van der Waals surface area contributed by atoms with E-state index in [0.29, 0.717) is 63.2 Å². The van der Waals surface area contributed by atoms with E-state index in [9.17, 15) is 28.8 Å². The number of carbonyl (C=O) groups is 6. The van der Waals surface area contributed by atoms with Crippen LogP contribution < -0.4 is 16.0 Å². The Labute approximate surface area is 330 Å². The summed E-state index contributed by atoms with van der Waals surface area (Å²) in [7, 11) is 2.05. The van der Waals surface area contributed by atoms with E-state index in [1.54, 1.807) is 36.1 Å². The number of nitrogens with one attached hydrogen (secondary N) is 4. The fraction of sp³-hybridized carbons (Fsp3) is 0.684. The number of rotatable bonds is 21. The topological polar surface area (TPSA) is 169 Å². The average Bonchev–Trinajstić information content (AvgIpc) is 3.54. The summed E-state index contributed by atoms with van der Waals surface area (Å²) in [5.74, 6) is -1.95. The first-order chi connectivity index (χ1) is 23.5. The zero-order valence-corrected chi connectivity index (χ0v) is 34.9. The quantitative estimate of drug-likeness (QED) is 0.138. The molecule has 13 heteroatoms. The number of nitrogens with zero attached hydrogens (tertiary/aromatic N) is 2. The van der Waals surface area contributed by atoms with E-state index >= 15 is 0 Å². The molecule has 0 aromatic heterocycles. The summed E-state index contributed by atoms with van der Waals surface area (Å²) >= 11 is 0. The van der Waals surface area contributed by atoms with Gasteiger partial charge in [0.15, 0.2) is 11.8 Å². The van der Waals surface area contributed by atoms with Crippen molar-refractivity contribution in [3.63, 3.8) is 0 Å². The van der Waals surface area contributed by atoms with Crippen LogP contribution in [0.25, 0.3) is 5.73 Å².